The Bertz CT molecular complexity index is 1230. The SMILES string of the molecule is COc1ccc(C(C)=O)cc1COC(=O)c1cc(-c2cccs2)nc2ccccc12. The fraction of sp³-hybridized carbons (Fsp3) is 0.125. The number of hydrogen-bond donors (Lipinski definition) is 0. The summed E-state index contributed by atoms with van der Waals surface area (Å²) in [6.07, 6.45) is 0. The zero-order valence-corrected chi connectivity index (χ0v) is 17.4. The van der Waals surface area contributed by atoms with Crippen LogP contribution >= 0.6 is 11.3 Å². The molecule has 0 bridgehead atoms. The molecule has 2 heterocycles. The normalized spacial score (nSPS) is 10.7. The quantitative estimate of drug-likeness (QED) is 0.305. The number of Topliss-reactive ketones (excluding diaryl/α,β-unsaturated/α-hetero) is 1. The van der Waals surface area contributed by atoms with Crippen molar-refractivity contribution < 1.29 is 19.1 Å². The molecule has 0 spiro atoms. The monoisotopic (exact) mass is 417 g/mol. The summed E-state index contributed by atoms with van der Waals surface area (Å²) in [5.41, 5.74) is 3.08. The number of nitrogens with zero attached hydrogens (tertiary/aromatic N) is 1. The Balaban J connectivity index is 1.67. The minimum Gasteiger partial charge on any atom is -0.496 e. The number of para-hydroxylation sites is 1. The molecule has 4 aromatic rings. The van der Waals surface area contributed by atoms with Gasteiger partial charge in [-0.1, -0.05) is 24.3 Å². The first-order chi connectivity index (χ1) is 14.6. The van der Waals surface area contributed by atoms with Crippen molar-refractivity contribution in [3.8, 4) is 16.3 Å². The van der Waals surface area contributed by atoms with E-state index in [4.69, 9.17) is 9.47 Å². The van der Waals surface area contributed by atoms with Crippen LogP contribution in [-0.4, -0.2) is 23.8 Å². The van der Waals surface area contributed by atoms with Crippen molar-refractivity contribution in [3.63, 3.8) is 0 Å². The van der Waals surface area contributed by atoms with Crippen LogP contribution in [0.1, 0.15) is 33.2 Å². The Kier molecular flexibility index (Phi) is 5.59. The number of benzene rings is 2. The highest BCUT2D eigenvalue weighted by Crippen LogP contribution is 2.29. The zero-order valence-electron chi connectivity index (χ0n) is 16.5. The molecule has 6 heteroatoms. The van der Waals surface area contributed by atoms with Gasteiger partial charge in [0, 0.05) is 16.5 Å². The molecule has 0 unspecified atom stereocenters. The maximum Gasteiger partial charge on any atom is 0.339 e. The number of thiophene rings is 1. The molecular formula is C24H19NO4S. The number of ketones is 1. The number of aromatic nitrogens is 1. The molecular weight excluding hydrogens is 398 g/mol. The molecule has 0 radical (unpaired) electrons. The maximum atomic E-state index is 13.0. The van der Waals surface area contributed by atoms with Gasteiger partial charge < -0.3 is 9.47 Å². The number of rotatable bonds is 6. The Morgan fingerprint density at radius 2 is 1.87 bits per heavy atom. The number of methoxy groups -OCH3 is 1. The molecule has 0 atom stereocenters. The van der Waals surface area contributed by atoms with Crippen molar-refractivity contribution in [1.29, 1.82) is 0 Å². The Labute approximate surface area is 177 Å². The highest BCUT2D eigenvalue weighted by molar-refractivity contribution is 7.13. The van der Waals surface area contributed by atoms with E-state index >= 15 is 0 Å². The molecule has 0 saturated heterocycles. The molecule has 0 fully saturated rings. The van der Waals surface area contributed by atoms with E-state index in [1.54, 1.807) is 35.6 Å². The average molecular weight is 417 g/mol. The molecule has 0 amide bonds. The highest BCUT2D eigenvalue weighted by Gasteiger charge is 2.17. The molecule has 0 aliphatic carbocycles. The van der Waals surface area contributed by atoms with Crippen molar-refractivity contribution >= 4 is 34.0 Å². The van der Waals surface area contributed by atoms with E-state index in [-0.39, 0.29) is 12.4 Å². The van der Waals surface area contributed by atoms with Crippen LogP contribution in [0.3, 0.4) is 0 Å². The summed E-state index contributed by atoms with van der Waals surface area (Å²) in [6, 6.07) is 18.3. The van der Waals surface area contributed by atoms with Crippen molar-refractivity contribution in [1.82, 2.24) is 4.98 Å². The van der Waals surface area contributed by atoms with Gasteiger partial charge in [0.15, 0.2) is 5.78 Å². The van der Waals surface area contributed by atoms with Crippen molar-refractivity contribution in [2.45, 2.75) is 13.5 Å². The van der Waals surface area contributed by atoms with Gasteiger partial charge in [-0.25, -0.2) is 9.78 Å². The molecule has 4 rings (SSSR count). The van der Waals surface area contributed by atoms with Gasteiger partial charge in [-0.15, -0.1) is 11.3 Å². The second-order valence-corrected chi connectivity index (χ2v) is 7.66. The second kappa shape index (κ2) is 8.47. The average Bonchev–Trinajstić information content (AvgIpc) is 3.31. The lowest BCUT2D eigenvalue weighted by atomic mass is 10.1. The molecule has 0 aliphatic heterocycles. The molecule has 2 aromatic heterocycles. The number of ether oxygens (including phenoxy) is 2. The second-order valence-electron chi connectivity index (χ2n) is 6.71. The lowest BCUT2D eigenvalue weighted by Gasteiger charge is -2.12. The molecule has 0 saturated carbocycles. The van der Waals surface area contributed by atoms with Crippen molar-refractivity contribution in [3.05, 3.63) is 82.7 Å². The van der Waals surface area contributed by atoms with Gasteiger partial charge in [0.1, 0.15) is 12.4 Å². The van der Waals surface area contributed by atoms with E-state index in [2.05, 4.69) is 4.98 Å². The minimum absolute atomic E-state index is 0.00584. The van der Waals surface area contributed by atoms with Gasteiger partial charge >= 0.3 is 5.97 Å². The number of esters is 1. The topological polar surface area (TPSA) is 65.5 Å². The molecule has 150 valence electrons. The predicted octanol–water partition coefficient (Wildman–Crippen LogP) is 5.53. The molecule has 0 N–H and O–H groups in total. The first-order valence-corrected chi connectivity index (χ1v) is 10.2. The van der Waals surface area contributed by atoms with Gasteiger partial charge in [-0.05, 0) is 48.7 Å². The summed E-state index contributed by atoms with van der Waals surface area (Å²) in [4.78, 5) is 30.4. The summed E-state index contributed by atoms with van der Waals surface area (Å²) in [5, 5.41) is 2.70. The fourth-order valence-corrected chi connectivity index (χ4v) is 3.91. The molecule has 0 aliphatic rings. The summed E-state index contributed by atoms with van der Waals surface area (Å²) in [5.74, 6) is 0.0410. The van der Waals surface area contributed by atoms with E-state index in [1.165, 1.54) is 14.0 Å². The third kappa shape index (κ3) is 3.95. The summed E-state index contributed by atoms with van der Waals surface area (Å²) < 4.78 is 11.0. The van der Waals surface area contributed by atoms with Gasteiger partial charge in [-0.3, -0.25) is 4.79 Å². The first kappa shape index (κ1) is 19.8. The Hall–Kier alpha value is -3.51. The van der Waals surface area contributed by atoms with Crippen LogP contribution in [0.5, 0.6) is 5.75 Å². The fourth-order valence-electron chi connectivity index (χ4n) is 3.23. The lowest BCUT2D eigenvalue weighted by molar-refractivity contribution is 0.0472. The lowest BCUT2D eigenvalue weighted by Crippen LogP contribution is -2.08. The molecule has 2 aromatic carbocycles. The number of carbonyl (C=O) groups excluding carboxylic acids is 2. The van der Waals surface area contributed by atoms with E-state index in [0.29, 0.717) is 22.4 Å². The summed E-state index contributed by atoms with van der Waals surface area (Å²) in [7, 11) is 1.54. The van der Waals surface area contributed by atoms with Crippen LogP contribution in [-0.2, 0) is 11.3 Å². The highest BCUT2D eigenvalue weighted by atomic mass is 32.1. The van der Waals surface area contributed by atoms with Gasteiger partial charge in [-0.2, -0.15) is 0 Å². The third-order valence-electron chi connectivity index (χ3n) is 4.76. The summed E-state index contributed by atoms with van der Waals surface area (Å²) in [6.45, 7) is 1.49. The summed E-state index contributed by atoms with van der Waals surface area (Å²) >= 11 is 1.56. The molecule has 5 nitrogen and oxygen atoms in total. The van der Waals surface area contributed by atoms with E-state index in [9.17, 15) is 9.59 Å². The Morgan fingerprint density at radius 1 is 1.03 bits per heavy atom. The number of pyridine rings is 1. The largest absolute Gasteiger partial charge is 0.496 e. The predicted molar refractivity (Wildman–Crippen MR) is 117 cm³/mol. The van der Waals surface area contributed by atoms with Crippen LogP contribution in [0.15, 0.2) is 66.0 Å². The van der Waals surface area contributed by atoms with Gasteiger partial charge in [0.25, 0.3) is 0 Å². The molecule has 30 heavy (non-hydrogen) atoms. The zero-order chi connectivity index (χ0) is 21.1. The van der Waals surface area contributed by atoms with Crippen LogP contribution in [0.4, 0.5) is 0 Å². The van der Waals surface area contributed by atoms with Gasteiger partial charge in [0.05, 0.1) is 28.8 Å². The van der Waals surface area contributed by atoms with Crippen LogP contribution < -0.4 is 4.74 Å². The standard InChI is InChI=1S/C24H19NO4S/c1-15(26)16-9-10-22(28-2)17(12-16)14-29-24(27)19-13-21(23-8-5-11-30-23)25-20-7-4-3-6-18(19)20/h3-13H,14H2,1-2H3. The van der Waals surface area contributed by atoms with E-state index < -0.39 is 5.97 Å². The van der Waals surface area contributed by atoms with Gasteiger partial charge in [0.2, 0.25) is 0 Å². The van der Waals surface area contributed by atoms with E-state index in [1.807, 2.05) is 41.8 Å². The minimum atomic E-state index is -0.457. The van der Waals surface area contributed by atoms with Crippen LogP contribution in [0.2, 0.25) is 0 Å². The number of fused-ring (bicyclic) bond motifs is 1. The number of hydrogen-bond acceptors (Lipinski definition) is 6. The van der Waals surface area contributed by atoms with Crippen molar-refractivity contribution in [2.24, 2.45) is 0 Å². The van der Waals surface area contributed by atoms with Crippen molar-refractivity contribution in [2.75, 3.05) is 7.11 Å². The first-order valence-electron chi connectivity index (χ1n) is 9.35. The van der Waals surface area contributed by atoms with E-state index in [0.717, 1.165) is 21.5 Å². The smallest absolute Gasteiger partial charge is 0.339 e. The Morgan fingerprint density at radius 3 is 2.60 bits per heavy atom. The maximum absolute atomic E-state index is 13.0. The third-order valence-corrected chi connectivity index (χ3v) is 5.65. The van der Waals surface area contributed by atoms with Crippen LogP contribution in [0, 0.1) is 0 Å². The van der Waals surface area contributed by atoms with Crippen LogP contribution in [0.25, 0.3) is 21.5 Å². The number of carbonyl (C=O) groups is 2.